The normalized spacial score (nSPS) is 20.0. The van der Waals surface area contributed by atoms with Gasteiger partial charge in [-0.15, -0.1) is 0 Å². The molecule has 0 bridgehead atoms. The van der Waals surface area contributed by atoms with E-state index in [0.717, 1.165) is 36.7 Å². The molecule has 0 aliphatic heterocycles. The highest BCUT2D eigenvalue weighted by Gasteiger charge is 2.28. The van der Waals surface area contributed by atoms with Crippen LogP contribution in [-0.4, -0.2) is 33.9 Å². The van der Waals surface area contributed by atoms with Crippen LogP contribution in [0.25, 0.3) is 11.0 Å². The number of benzene rings is 2. The fraction of sp³-hybridized carbons (Fsp3) is 0.318. The molecule has 1 aliphatic carbocycles. The van der Waals surface area contributed by atoms with Gasteiger partial charge in [0.25, 0.3) is 5.91 Å². The molecule has 1 fully saturated rings. The van der Waals surface area contributed by atoms with Crippen LogP contribution in [0.4, 0.5) is 0 Å². The first-order valence-corrected chi connectivity index (χ1v) is 9.26. The fourth-order valence-electron chi connectivity index (χ4n) is 3.93. The number of hydrogen-bond donors (Lipinski definition) is 0. The molecule has 0 atom stereocenters. The zero-order valence-corrected chi connectivity index (χ0v) is 15.0. The van der Waals surface area contributed by atoms with E-state index in [1.165, 1.54) is 5.56 Å². The lowest BCUT2D eigenvalue weighted by Crippen LogP contribution is -2.39. The molecule has 1 aromatic heterocycles. The van der Waals surface area contributed by atoms with E-state index in [0.29, 0.717) is 11.6 Å². The van der Waals surface area contributed by atoms with E-state index in [2.05, 4.69) is 40.3 Å². The topological polar surface area (TPSA) is 46.1 Å². The summed E-state index contributed by atoms with van der Waals surface area (Å²) < 4.78 is 0. The molecule has 1 amide bonds. The minimum atomic E-state index is -0.0357. The monoisotopic (exact) mass is 345 g/mol. The van der Waals surface area contributed by atoms with Crippen LogP contribution in [0.3, 0.4) is 0 Å². The van der Waals surface area contributed by atoms with Gasteiger partial charge >= 0.3 is 0 Å². The zero-order valence-electron chi connectivity index (χ0n) is 15.0. The number of carbonyl (C=O) groups excluding carboxylic acids is 1. The smallest absolute Gasteiger partial charge is 0.274 e. The van der Waals surface area contributed by atoms with Gasteiger partial charge in [0.1, 0.15) is 5.69 Å². The molecule has 2 aromatic carbocycles. The molecule has 0 unspecified atom stereocenters. The molecular formula is C22H23N3O. The summed E-state index contributed by atoms with van der Waals surface area (Å²) in [4.78, 5) is 23.6. The highest BCUT2D eigenvalue weighted by Crippen LogP contribution is 2.34. The maximum absolute atomic E-state index is 12.9. The largest absolute Gasteiger partial charge is 0.337 e. The standard InChI is InChI=1S/C22H23N3O/c1-25(18-13-11-17(12-14-18)16-7-3-2-4-8-16)22(26)21-15-23-19-9-5-6-10-20(19)24-21/h2-10,15,17-18H,11-14H2,1H3. The number of amides is 1. The van der Waals surface area contributed by atoms with E-state index in [4.69, 9.17) is 0 Å². The van der Waals surface area contributed by atoms with Crippen LogP contribution in [0.15, 0.2) is 60.8 Å². The molecule has 0 radical (unpaired) electrons. The van der Waals surface area contributed by atoms with Crippen molar-refractivity contribution < 1.29 is 4.79 Å². The molecule has 0 N–H and O–H groups in total. The Kier molecular flexibility index (Phi) is 4.65. The number of hydrogen-bond acceptors (Lipinski definition) is 3. The van der Waals surface area contributed by atoms with E-state index < -0.39 is 0 Å². The van der Waals surface area contributed by atoms with E-state index in [1.54, 1.807) is 6.20 Å². The SMILES string of the molecule is CN(C(=O)c1cnc2ccccc2n1)C1CCC(c2ccccc2)CC1. The Morgan fingerprint density at radius 3 is 2.31 bits per heavy atom. The molecular weight excluding hydrogens is 322 g/mol. The molecule has 1 saturated carbocycles. The lowest BCUT2D eigenvalue weighted by Gasteiger charge is -2.34. The van der Waals surface area contributed by atoms with Crippen molar-refractivity contribution in [2.24, 2.45) is 0 Å². The molecule has 1 heterocycles. The molecule has 4 heteroatoms. The summed E-state index contributed by atoms with van der Waals surface area (Å²) >= 11 is 0. The van der Waals surface area contributed by atoms with Crippen LogP contribution in [0.5, 0.6) is 0 Å². The molecule has 26 heavy (non-hydrogen) atoms. The quantitative estimate of drug-likeness (QED) is 0.705. The third kappa shape index (κ3) is 3.32. The van der Waals surface area contributed by atoms with Gasteiger partial charge in [-0.1, -0.05) is 42.5 Å². The van der Waals surface area contributed by atoms with Crippen LogP contribution in [0.1, 0.15) is 47.7 Å². The molecule has 1 aliphatic rings. The maximum Gasteiger partial charge on any atom is 0.274 e. The maximum atomic E-state index is 12.9. The van der Waals surface area contributed by atoms with Gasteiger partial charge in [0.2, 0.25) is 0 Å². The van der Waals surface area contributed by atoms with Gasteiger partial charge in [0.15, 0.2) is 0 Å². The lowest BCUT2D eigenvalue weighted by atomic mass is 9.81. The van der Waals surface area contributed by atoms with Crippen molar-refractivity contribution in [1.82, 2.24) is 14.9 Å². The van der Waals surface area contributed by atoms with Crippen molar-refractivity contribution in [2.45, 2.75) is 37.6 Å². The van der Waals surface area contributed by atoms with Crippen molar-refractivity contribution >= 4 is 16.9 Å². The highest BCUT2D eigenvalue weighted by molar-refractivity contribution is 5.93. The Bertz CT molecular complexity index is 901. The average molecular weight is 345 g/mol. The third-order valence-corrected chi connectivity index (χ3v) is 5.50. The molecule has 4 nitrogen and oxygen atoms in total. The van der Waals surface area contributed by atoms with Gasteiger partial charge in [0.05, 0.1) is 17.2 Å². The Morgan fingerprint density at radius 2 is 1.58 bits per heavy atom. The Hall–Kier alpha value is -2.75. The predicted molar refractivity (Wildman–Crippen MR) is 103 cm³/mol. The number of carbonyl (C=O) groups is 1. The second-order valence-electron chi connectivity index (χ2n) is 7.08. The van der Waals surface area contributed by atoms with E-state index >= 15 is 0 Å². The van der Waals surface area contributed by atoms with Gasteiger partial charge in [-0.25, -0.2) is 4.98 Å². The number of fused-ring (bicyclic) bond motifs is 1. The molecule has 132 valence electrons. The van der Waals surface area contributed by atoms with Crippen molar-refractivity contribution in [3.8, 4) is 0 Å². The van der Waals surface area contributed by atoms with E-state index in [9.17, 15) is 4.79 Å². The first kappa shape index (κ1) is 16.7. The van der Waals surface area contributed by atoms with Gasteiger partial charge in [-0.2, -0.15) is 0 Å². The Morgan fingerprint density at radius 1 is 0.923 bits per heavy atom. The Balaban J connectivity index is 1.44. The molecule has 4 rings (SSSR count). The minimum absolute atomic E-state index is 0.0357. The van der Waals surface area contributed by atoms with Crippen molar-refractivity contribution in [3.63, 3.8) is 0 Å². The summed E-state index contributed by atoms with van der Waals surface area (Å²) in [5.41, 5.74) is 3.42. The first-order valence-electron chi connectivity index (χ1n) is 9.26. The number of para-hydroxylation sites is 2. The predicted octanol–water partition coefficient (Wildman–Crippen LogP) is 4.43. The van der Waals surface area contributed by atoms with Crippen LogP contribution >= 0.6 is 0 Å². The molecule has 0 saturated heterocycles. The number of nitrogens with zero attached hydrogens (tertiary/aromatic N) is 3. The van der Waals surface area contributed by atoms with Gasteiger partial charge < -0.3 is 4.90 Å². The van der Waals surface area contributed by atoms with Gasteiger partial charge in [-0.05, 0) is 49.3 Å². The first-order chi connectivity index (χ1) is 12.7. The van der Waals surface area contributed by atoms with Crippen LogP contribution < -0.4 is 0 Å². The number of aromatic nitrogens is 2. The van der Waals surface area contributed by atoms with Crippen molar-refractivity contribution in [1.29, 1.82) is 0 Å². The second kappa shape index (κ2) is 7.24. The summed E-state index contributed by atoms with van der Waals surface area (Å²) in [6.07, 6.45) is 5.90. The summed E-state index contributed by atoms with van der Waals surface area (Å²) in [5, 5.41) is 0. The van der Waals surface area contributed by atoms with Crippen molar-refractivity contribution in [3.05, 3.63) is 72.1 Å². The molecule has 0 spiro atoms. The van der Waals surface area contributed by atoms with Gasteiger partial charge in [0, 0.05) is 13.1 Å². The van der Waals surface area contributed by atoms with Crippen LogP contribution in [-0.2, 0) is 0 Å². The Labute approximate surface area is 153 Å². The van der Waals surface area contributed by atoms with Crippen molar-refractivity contribution in [2.75, 3.05) is 7.05 Å². The van der Waals surface area contributed by atoms with Crippen LogP contribution in [0, 0.1) is 0 Å². The van der Waals surface area contributed by atoms with Gasteiger partial charge in [-0.3, -0.25) is 9.78 Å². The minimum Gasteiger partial charge on any atom is -0.337 e. The summed E-state index contributed by atoms with van der Waals surface area (Å²) in [6, 6.07) is 18.6. The fourth-order valence-corrected chi connectivity index (χ4v) is 3.93. The highest BCUT2D eigenvalue weighted by atomic mass is 16.2. The van der Waals surface area contributed by atoms with E-state index in [-0.39, 0.29) is 11.9 Å². The lowest BCUT2D eigenvalue weighted by molar-refractivity contribution is 0.0683. The zero-order chi connectivity index (χ0) is 17.9. The summed E-state index contributed by atoms with van der Waals surface area (Å²) in [5.74, 6) is 0.572. The van der Waals surface area contributed by atoms with Crippen LogP contribution in [0.2, 0.25) is 0 Å². The molecule has 3 aromatic rings. The van der Waals surface area contributed by atoms with E-state index in [1.807, 2.05) is 36.2 Å². The summed E-state index contributed by atoms with van der Waals surface area (Å²) in [6.45, 7) is 0. The summed E-state index contributed by atoms with van der Waals surface area (Å²) in [7, 11) is 1.90. The second-order valence-corrected chi connectivity index (χ2v) is 7.08. The number of rotatable bonds is 3. The average Bonchev–Trinajstić information content (AvgIpc) is 2.73. The third-order valence-electron chi connectivity index (χ3n) is 5.50.